The van der Waals surface area contributed by atoms with E-state index in [2.05, 4.69) is 16.8 Å². The molecule has 5 heteroatoms. The van der Waals surface area contributed by atoms with Crippen LogP contribution in [0.25, 0.3) is 0 Å². The van der Waals surface area contributed by atoms with E-state index in [4.69, 9.17) is 22.1 Å². The molecule has 0 saturated carbocycles. The molecule has 0 aliphatic heterocycles. The molecule has 0 aromatic carbocycles. The molecular weight excluding hydrogens is 238 g/mol. The van der Waals surface area contributed by atoms with Crippen LogP contribution in [0.3, 0.4) is 0 Å². The predicted octanol–water partition coefficient (Wildman–Crippen LogP) is 2.18. The molecule has 1 rings (SSSR count). The van der Waals surface area contributed by atoms with Crippen LogP contribution in [0.5, 0.6) is 0 Å². The maximum atomic E-state index is 6.08. The van der Waals surface area contributed by atoms with Gasteiger partial charge in [0.05, 0.1) is 17.3 Å². The third-order valence-corrected chi connectivity index (χ3v) is 2.86. The van der Waals surface area contributed by atoms with E-state index in [0.29, 0.717) is 17.4 Å². The van der Waals surface area contributed by atoms with Gasteiger partial charge < -0.3 is 10.5 Å². The van der Waals surface area contributed by atoms with Gasteiger partial charge in [0.15, 0.2) is 0 Å². The summed E-state index contributed by atoms with van der Waals surface area (Å²) in [6.45, 7) is 8.07. The third-order valence-electron chi connectivity index (χ3n) is 2.52. The Bertz CT molecular complexity index is 347. The van der Waals surface area contributed by atoms with Crippen molar-refractivity contribution >= 4 is 17.4 Å². The maximum Gasteiger partial charge on any atom is 0.123 e. The maximum absolute atomic E-state index is 6.08. The fourth-order valence-corrected chi connectivity index (χ4v) is 1.68. The van der Waals surface area contributed by atoms with Gasteiger partial charge in [-0.05, 0) is 25.6 Å². The number of aromatic nitrogens is 1. The number of likely N-dealkylation sites (N-methyl/N-ethyl adjacent to an activating group) is 1. The lowest BCUT2D eigenvalue weighted by atomic mass is 10.3. The van der Waals surface area contributed by atoms with Crippen LogP contribution in [-0.4, -0.2) is 36.2 Å². The largest absolute Gasteiger partial charge is 0.384 e. The molecule has 0 spiro atoms. The zero-order valence-corrected chi connectivity index (χ0v) is 11.2. The minimum Gasteiger partial charge on any atom is -0.384 e. The number of hydrogen-bond acceptors (Lipinski definition) is 4. The highest BCUT2D eigenvalue weighted by atomic mass is 35.5. The number of anilines is 1. The Morgan fingerprint density at radius 1 is 1.41 bits per heavy atom. The van der Waals surface area contributed by atoms with Gasteiger partial charge in [-0.1, -0.05) is 18.5 Å². The van der Waals surface area contributed by atoms with Crippen molar-refractivity contribution in [3.05, 3.63) is 22.8 Å². The lowest BCUT2D eigenvalue weighted by Crippen LogP contribution is -2.27. The summed E-state index contributed by atoms with van der Waals surface area (Å²) in [6, 6.07) is 3.50. The van der Waals surface area contributed by atoms with Gasteiger partial charge in [0.1, 0.15) is 5.82 Å². The van der Waals surface area contributed by atoms with Gasteiger partial charge in [0, 0.05) is 19.7 Å². The van der Waals surface area contributed by atoms with Crippen molar-refractivity contribution in [3.63, 3.8) is 0 Å². The van der Waals surface area contributed by atoms with E-state index in [1.807, 2.05) is 6.92 Å². The average Bonchev–Trinajstić information content (AvgIpc) is 2.32. The molecule has 0 fully saturated rings. The van der Waals surface area contributed by atoms with Crippen LogP contribution in [0.4, 0.5) is 5.82 Å². The fraction of sp³-hybridized carbons (Fsp3) is 0.583. The Hall–Kier alpha value is -0.840. The number of pyridine rings is 1. The zero-order chi connectivity index (χ0) is 12.7. The highest BCUT2D eigenvalue weighted by Gasteiger charge is 2.08. The number of rotatable bonds is 7. The summed E-state index contributed by atoms with van der Waals surface area (Å²) in [5.74, 6) is 0.505. The van der Waals surface area contributed by atoms with Crippen LogP contribution in [-0.2, 0) is 11.3 Å². The van der Waals surface area contributed by atoms with Crippen molar-refractivity contribution < 1.29 is 4.74 Å². The van der Waals surface area contributed by atoms with Crippen LogP contribution in [0.15, 0.2) is 12.1 Å². The zero-order valence-electron chi connectivity index (χ0n) is 10.4. The lowest BCUT2D eigenvalue weighted by Gasteiger charge is -2.20. The first-order valence-corrected chi connectivity index (χ1v) is 6.26. The number of nitrogens with two attached hydrogens (primary N) is 1. The van der Waals surface area contributed by atoms with Crippen LogP contribution in [0.2, 0.25) is 5.02 Å². The third kappa shape index (κ3) is 4.89. The first kappa shape index (κ1) is 14.2. The van der Waals surface area contributed by atoms with E-state index in [-0.39, 0.29) is 0 Å². The molecule has 1 heterocycles. The van der Waals surface area contributed by atoms with Crippen LogP contribution >= 0.6 is 11.6 Å². The molecule has 0 radical (unpaired) electrons. The summed E-state index contributed by atoms with van der Waals surface area (Å²) in [4.78, 5) is 6.48. The minimum absolute atomic E-state index is 0.505. The number of ether oxygens (including phenoxy) is 1. The second-order valence-electron chi connectivity index (χ2n) is 3.73. The van der Waals surface area contributed by atoms with Gasteiger partial charge in [-0.2, -0.15) is 0 Å². The molecule has 2 N–H and O–H groups in total. The summed E-state index contributed by atoms with van der Waals surface area (Å²) >= 11 is 6.08. The molecule has 0 aliphatic carbocycles. The van der Waals surface area contributed by atoms with Crippen molar-refractivity contribution in [2.45, 2.75) is 20.4 Å². The van der Waals surface area contributed by atoms with Crippen LogP contribution in [0.1, 0.15) is 19.5 Å². The second-order valence-corrected chi connectivity index (χ2v) is 4.14. The second kappa shape index (κ2) is 7.48. The molecule has 1 aromatic rings. The molecule has 0 atom stereocenters. The Balaban J connectivity index is 2.57. The summed E-state index contributed by atoms with van der Waals surface area (Å²) in [6.07, 6.45) is 0. The molecule has 96 valence electrons. The molecule has 0 saturated heterocycles. The van der Waals surface area contributed by atoms with Gasteiger partial charge in [-0.3, -0.25) is 4.90 Å². The molecule has 0 aliphatic rings. The molecule has 17 heavy (non-hydrogen) atoms. The van der Waals surface area contributed by atoms with E-state index in [9.17, 15) is 0 Å². The summed E-state index contributed by atoms with van der Waals surface area (Å²) < 4.78 is 5.34. The number of hydrogen-bond donors (Lipinski definition) is 1. The van der Waals surface area contributed by atoms with E-state index in [1.54, 1.807) is 12.1 Å². The summed E-state index contributed by atoms with van der Waals surface area (Å²) in [5, 5.41) is 0.661. The smallest absolute Gasteiger partial charge is 0.123 e. The SMILES string of the molecule is CCOCCN(CC)Cc1nc(N)ccc1Cl. The Labute approximate surface area is 108 Å². The summed E-state index contributed by atoms with van der Waals surface area (Å²) in [5.41, 5.74) is 6.48. The number of nitrogen functional groups attached to an aromatic ring is 1. The van der Waals surface area contributed by atoms with Gasteiger partial charge in [-0.25, -0.2) is 4.98 Å². The Morgan fingerprint density at radius 3 is 2.82 bits per heavy atom. The number of halogens is 1. The van der Waals surface area contributed by atoms with E-state index in [1.165, 1.54) is 0 Å². The van der Waals surface area contributed by atoms with Crippen molar-refractivity contribution in [3.8, 4) is 0 Å². The van der Waals surface area contributed by atoms with E-state index >= 15 is 0 Å². The molecular formula is C12H20ClN3O. The van der Waals surface area contributed by atoms with Crippen molar-refractivity contribution in [2.75, 3.05) is 32.0 Å². The topological polar surface area (TPSA) is 51.4 Å². The monoisotopic (exact) mass is 257 g/mol. The van der Waals surface area contributed by atoms with Gasteiger partial charge >= 0.3 is 0 Å². The molecule has 0 amide bonds. The van der Waals surface area contributed by atoms with Gasteiger partial charge in [-0.15, -0.1) is 0 Å². The molecule has 4 nitrogen and oxygen atoms in total. The lowest BCUT2D eigenvalue weighted by molar-refractivity contribution is 0.112. The van der Waals surface area contributed by atoms with Crippen molar-refractivity contribution in [1.82, 2.24) is 9.88 Å². The predicted molar refractivity (Wildman–Crippen MR) is 71.1 cm³/mol. The highest BCUT2D eigenvalue weighted by Crippen LogP contribution is 2.16. The van der Waals surface area contributed by atoms with Crippen molar-refractivity contribution in [2.24, 2.45) is 0 Å². The van der Waals surface area contributed by atoms with Crippen LogP contribution < -0.4 is 5.73 Å². The van der Waals surface area contributed by atoms with Crippen molar-refractivity contribution in [1.29, 1.82) is 0 Å². The molecule has 0 unspecified atom stereocenters. The first-order valence-electron chi connectivity index (χ1n) is 5.88. The van der Waals surface area contributed by atoms with E-state index in [0.717, 1.165) is 32.0 Å². The van der Waals surface area contributed by atoms with Gasteiger partial charge in [0.2, 0.25) is 0 Å². The standard InChI is InChI=1S/C12H20ClN3O/c1-3-16(7-8-17-4-2)9-11-10(13)5-6-12(14)15-11/h5-6H,3-4,7-9H2,1-2H3,(H2,14,15). The quantitative estimate of drug-likeness (QED) is 0.761. The Kier molecular flexibility index (Phi) is 6.26. The molecule has 0 bridgehead atoms. The minimum atomic E-state index is 0.505. The average molecular weight is 258 g/mol. The number of nitrogens with zero attached hydrogens (tertiary/aromatic N) is 2. The van der Waals surface area contributed by atoms with Crippen LogP contribution in [0, 0.1) is 0 Å². The summed E-state index contributed by atoms with van der Waals surface area (Å²) in [7, 11) is 0. The van der Waals surface area contributed by atoms with E-state index < -0.39 is 0 Å². The Morgan fingerprint density at radius 2 is 2.18 bits per heavy atom. The fourth-order valence-electron chi connectivity index (χ4n) is 1.51. The normalized spacial score (nSPS) is 11.1. The van der Waals surface area contributed by atoms with Gasteiger partial charge in [0.25, 0.3) is 0 Å². The molecule has 1 aromatic heterocycles. The highest BCUT2D eigenvalue weighted by molar-refractivity contribution is 6.31. The first-order chi connectivity index (χ1) is 8.17.